The van der Waals surface area contributed by atoms with E-state index in [9.17, 15) is 9.59 Å². The number of carbonyl (C=O) groups excluding carboxylic acids is 1. The summed E-state index contributed by atoms with van der Waals surface area (Å²) in [5.74, 6) is 0.0101. The number of hydrogen-bond acceptors (Lipinski definition) is 6. The van der Waals surface area contributed by atoms with E-state index in [2.05, 4.69) is 6.58 Å². The van der Waals surface area contributed by atoms with Gasteiger partial charge in [0, 0.05) is 21.2 Å². The zero-order chi connectivity index (χ0) is 28.2. The average molecular weight is 592 g/mol. The van der Waals surface area contributed by atoms with Gasteiger partial charge in [0.1, 0.15) is 12.4 Å². The smallest absolute Gasteiger partial charge is 0.338 e. The lowest BCUT2D eigenvalue weighted by Crippen LogP contribution is -2.40. The molecule has 0 saturated carbocycles. The van der Waals surface area contributed by atoms with Crippen LogP contribution >= 0.6 is 34.5 Å². The van der Waals surface area contributed by atoms with Crippen molar-refractivity contribution in [3.05, 3.63) is 137 Å². The van der Waals surface area contributed by atoms with Gasteiger partial charge in [0.05, 0.1) is 28.5 Å². The van der Waals surface area contributed by atoms with Gasteiger partial charge in [-0.05, 0) is 48.9 Å². The number of benzene rings is 3. The van der Waals surface area contributed by atoms with Crippen molar-refractivity contribution in [2.75, 3.05) is 13.2 Å². The Morgan fingerprint density at radius 3 is 2.50 bits per heavy atom. The van der Waals surface area contributed by atoms with E-state index in [1.54, 1.807) is 61.5 Å². The molecule has 1 aliphatic rings. The van der Waals surface area contributed by atoms with Crippen LogP contribution in [0.5, 0.6) is 5.75 Å². The maximum atomic E-state index is 14.0. The Kier molecular flexibility index (Phi) is 8.35. The molecule has 0 spiro atoms. The molecule has 40 heavy (non-hydrogen) atoms. The van der Waals surface area contributed by atoms with E-state index < -0.39 is 12.0 Å². The quantitative estimate of drug-likeness (QED) is 0.192. The summed E-state index contributed by atoms with van der Waals surface area (Å²) in [4.78, 5) is 32.8. The molecule has 3 aromatic carbocycles. The van der Waals surface area contributed by atoms with Crippen LogP contribution in [0.1, 0.15) is 29.7 Å². The first-order valence-corrected chi connectivity index (χ1v) is 14.1. The van der Waals surface area contributed by atoms with Crippen LogP contribution in [-0.2, 0) is 9.53 Å². The Labute approximate surface area is 244 Å². The molecule has 0 radical (unpaired) electrons. The molecule has 0 amide bonds. The molecule has 1 aliphatic heterocycles. The second-order valence-electron chi connectivity index (χ2n) is 8.76. The van der Waals surface area contributed by atoms with Crippen LogP contribution in [0.2, 0.25) is 10.0 Å². The number of nitrogens with zero attached hydrogens (tertiary/aromatic N) is 2. The molecule has 6 nitrogen and oxygen atoms in total. The molecule has 4 aromatic rings. The molecule has 0 unspecified atom stereocenters. The highest BCUT2D eigenvalue weighted by molar-refractivity contribution is 7.07. The first kappa shape index (κ1) is 27.6. The molecule has 1 atom stereocenters. The number of ether oxygens (including phenoxy) is 2. The summed E-state index contributed by atoms with van der Waals surface area (Å²) in [6.45, 7) is 5.91. The predicted octanol–water partition coefficient (Wildman–Crippen LogP) is 5.81. The third kappa shape index (κ3) is 5.54. The first-order chi connectivity index (χ1) is 19.4. The third-order valence-electron chi connectivity index (χ3n) is 6.17. The normalized spacial score (nSPS) is 14.9. The molecule has 0 bridgehead atoms. The lowest BCUT2D eigenvalue weighted by Gasteiger charge is -2.25. The molecular weight excluding hydrogens is 567 g/mol. The highest BCUT2D eigenvalue weighted by Crippen LogP contribution is 2.35. The van der Waals surface area contributed by atoms with Gasteiger partial charge in [-0.15, -0.1) is 0 Å². The molecule has 0 N–H and O–H groups in total. The topological polar surface area (TPSA) is 69.9 Å². The minimum Gasteiger partial charge on any atom is -0.489 e. The van der Waals surface area contributed by atoms with E-state index in [4.69, 9.17) is 37.7 Å². The number of hydrogen-bond donors (Lipinski definition) is 0. The van der Waals surface area contributed by atoms with Crippen molar-refractivity contribution in [3.63, 3.8) is 0 Å². The summed E-state index contributed by atoms with van der Waals surface area (Å²) >= 11 is 13.7. The van der Waals surface area contributed by atoms with E-state index in [0.29, 0.717) is 48.6 Å². The van der Waals surface area contributed by atoms with Crippen molar-refractivity contribution in [3.8, 4) is 5.75 Å². The number of carbonyl (C=O) groups is 1. The van der Waals surface area contributed by atoms with Crippen LogP contribution < -0.4 is 19.6 Å². The minimum atomic E-state index is -0.791. The highest BCUT2D eigenvalue weighted by atomic mass is 35.5. The average Bonchev–Trinajstić information content (AvgIpc) is 3.27. The third-order valence-corrected chi connectivity index (χ3v) is 7.64. The van der Waals surface area contributed by atoms with Crippen molar-refractivity contribution in [1.82, 2.24) is 4.57 Å². The Morgan fingerprint density at radius 2 is 1.80 bits per heavy atom. The van der Waals surface area contributed by atoms with Crippen LogP contribution in [0.25, 0.3) is 11.8 Å². The van der Waals surface area contributed by atoms with Crippen molar-refractivity contribution in [2.45, 2.75) is 13.0 Å². The zero-order valence-electron chi connectivity index (χ0n) is 21.5. The Morgan fingerprint density at radius 1 is 1.07 bits per heavy atom. The Balaban J connectivity index is 1.81. The van der Waals surface area contributed by atoms with Crippen LogP contribution in [0.15, 0.2) is 101 Å². The molecule has 2 heterocycles. The SMILES string of the molecule is C=CCOc1ccc(Cl)cc1/C=c1\sc2n(c1=O)[C@@H](c1ccc(Cl)cc1)C(C(=O)OCC)=C(c1ccccc1)N=2. The van der Waals surface area contributed by atoms with Gasteiger partial charge in [0.25, 0.3) is 5.56 Å². The van der Waals surface area contributed by atoms with E-state index >= 15 is 0 Å². The standard InChI is InChI=1S/C31H24Cl2N2O4S/c1-3-16-39-24-15-14-23(33)17-21(24)18-25-29(36)35-28(20-10-12-22(32)13-11-20)26(30(37)38-4-2)27(34-31(35)40-25)19-8-6-5-7-9-19/h3,5-15,17-18,28H,1,4,16H2,2H3/b25-18-/t28-/m0/s1. The van der Waals surface area contributed by atoms with E-state index in [1.165, 1.54) is 15.9 Å². The number of halogens is 2. The maximum Gasteiger partial charge on any atom is 0.338 e. The predicted molar refractivity (Wildman–Crippen MR) is 160 cm³/mol. The van der Waals surface area contributed by atoms with Crippen molar-refractivity contribution < 1.29 is 14.3 Å². The monoisotopic (exact) mass is 590 g/mol. The zero-order valence-corrected chi connectivity index (χ0v) is 23.8. The second kappa shape index (κ2) is 12.1. The number of fused-ring (bicyclic) bond motifs is 1. The van der Waals surface area contributed by atoms with Gasteiger partial charge in [0.15, 0.2) is 4.80 Å². The molecular formula is C31H24Cl2N2O4S. The van der Waals surface area contributed by atoms with Gasteiger partial charge in [-0.1, -0.05) is 89.7 Å². The molecule has 0 aliphatic carbocycles. The van der Waals surface area contributed by atoms with Gasteiger partial charge in [-0.3, -0.25) is 9.36 Å². The van der Waals surface area contributed by atoms with Crippen LogP contribution in [0.4, 0.5) is 0 Å². The van der Waals surface area contributed by atoms with E-state index in [1.807, 2.05) is 30.3 Å². The maximum absolute atomic E-state index is 14.0. The lowest BCUT2D eigenvalue weighted by atomic mass is 9.93. The van der Waals surface area contributed by atoms with Gasteiger partial charge in [0.2, 0.25) is 0 Å². The number of thiazole rings is 1. The first-order valence-electron chi connectivity index (χ1n) is 12.5. The summed E-state index contributed by atoms with van der Waals surface area (Å²) in [6, 6.07) is 20.9. The number of rotatable bonds is 8. The fourth-order valence-corrected chi connectivity index (χ4v) is 5.75. The summed E-state index contributed by atoms with van der Waals surface area (Å²) < 4.78 is 13.2. The minimum absolute atomic E-state index is 0.171. The van der Waals surface area contributed by atoms with Gasteiger partial charge < -0.3 is 9.47 Å². The van der Waals surface area contributed by atoms with Crippen LogP contribution in [0, 0.1) is 0 Å². The molecule has 202 valence electrons. The number of esters is 1. The molecule has 1 aromatic heterocycles. The molecule has 0 saturated heterocycles. The fourth-order valence-electron chi connectivity index (χ4n) is 4.45. The summed E-state index contributed by atoms with van der Waals surface area (Å²) in [5, 5.41) is 1.04. The molecule has 5 rings (SSSR count). The summed E-state index contributed by atoms with van der Waals surface area (Å²) in [7, 11) is 0. The number of aromatic nitrogens is 1. The van der Waals surface area contributed by atoms with Gasteiger partial charge >= 0.3 is 5.97 Å². The van der Waals surface area contributed by atoms with E-state index in [0.717, 1.165) is 5.56 Å². The molecule has 0 fully saturated rings. The fraction of sp³-hybridized carbons (Fsp3) is 0.129. The summed E-state index contributed by atoms with van der Waals surface area (Å²) in [5.41, 5.74) is 2.47. The van der Waals surface area contributed by atoms with Crippen molar-refractivity contribution in [1.29, 1.82) is 0 Å². The van der Waals surface area contributed by atoms with Crippen molar-refractivity contribution >= 4 is 52.3 Å². The Hall–Kier alpha value is -3.91. The van der Waals surface area contributed by atoms with Crippen molar-refractivity contribution in [2.24, 2.45) is 4.99 Å². The largest absolute Gasteiger partial charge is 0.489 e. The van der Waals surface area contributed by atoms with Gasteiger partial charge in [-0.25, -0.2) is 9.79 Å². The van der Waals surface area contributed by atoms with Gasteiger partial charge in [-0.2, -0.15) is 0 Å². The lowest BCUT2D eigenvalue weighted by molar-refractivity contribution is -0.138. The molecule has 9 heteroatoms. The van der Waals surface area contributed by atoms with Crippen LogP contribution in [0.3, 0.4) is 0 Å². The second-order valence-corrected chi connectivity index (χ2v) is 10.6. The van der Waals surface area contributed by atoms with Crippen LogP contribution in [-0.4, -0.2) is 23.8 Å². The van der Waals surface area contributed by atoms with E-state index in [-0.39, 0.29) is 17.7 Å². The highest BCUT2D eigenvalue weighted by Gasteiger charge is 2.35. The summed E-state index contributed by atoms with van der Waals surface area (Å²) in [6.07, 6.45) is 3.36. The Bertz CT molecular complexity index is 1790.